The third-order valence-corrected chi connectivity index (χ3v) is 4.55. The van der Waals surface area contributed by atoms with Gasteiger partial charge in [0.25, 0.3) is 5.91 Å². The zero-order valence-electron chi connectivity index (χ0n) is 12.4. The molecule has 0 atom stereocenters. The van der Waals surface area contributed by atoms with Gasteiger partial charge in [0.2, 0.25) is 0 Å². The van der Waals surface area contributed by atoms with Gasteiger partial charge in [-0.2, -0.15) is 0 Å². The molecule has 0 radical (unpaired) electrons. The van der Waals surface area contributed by atoms with E-state index in [4.69, 9.17) is 0 Å². The topological polar surface area (TPSA) is 69.6 Å². The molecule has 0 spiro atoms. The number of benzene rings is 2. The predicted molar refractivity (Wildman–Crippen MR) is 93.9 cm³/mol. The second-order valence-electron chi connectivity index (χ2n) is 5.10. The molecule has 0 aliphatic rings. The number of carbonyl (C=O) groups is 1. The van der Waals surface area contributed by atoms with Crippen molar-refractivity contribution in [2.75, 3.05) is 5.32 Å². The molecule has 0 aliphatic heterocycles. The molecule has 3 aromatic rings. The Morgan fingerprint density at radius 2 is 1.83 bits per heavy atom. The Morgan fingerprint density at radius 1 is 1.04 bits per heavy atom. The van der Waals surface area contributed by atoms with Gasteiger partial charge in [0.15, 0.2) is 0 Å². The van der Waals surface area contributed by atoms with Crippen LogP contribution in [0.15, 0.2) is 60.7 Å². The number of amides is 1. The van der Waals surface area contributed by atoms with Gasteiger partial charge in [-0.15, -0.1) is 11.3 Å². The zero-order chi connectivity index (χ0) is 17.1. The molecule has 0 aliphatic carbocycles. The summed E-state index contributed by atoms with van der Waals surface area (Å²) in [4.78, 5) is 13.5. The lowest BCUT2D eigenvalue weighted by Gasteiger charge is -2.04. The molecule has 4 nitrogen and oxygen atoms in total. The third-order valence-electron chi connectivity index (χ3n) is 3.42. The van der Waals surface area contributed by atoms with Crippen molar-refractivity contribution in [2.45, 2.75) is 0 Å². The summed E-state index contributed by atoms with van der Waals surface area (Å²) in [6.45, 7) is 0. The normalized spacial score (nSPS) is 10.5. The van der Waals surface area contributed by atoms with Crippen molar-refractivity contribution < 1.29 is 19.2 Å². The number of thiophene rings is 1. The average Bonchev–Trinajstić information content (AvgIpc) is 3.07. The minimum absolute atomic E-state index is 0.128. The smallest absolute Gasteiger partial charge is 0.423 e. The zero-order valence-corrected chi connectivity index (χ0v) is 13.3. The number of hydrogen-bond donors (Lipinski definition) is 3. The summed E-state index contributed by atoms with van der Waals surface area (Å²) >= 11 is 1.24. The van der Waals surface area contributed by atoms with Crippen molar-refractivity contribution in [3.8, 4) is 10.4 Å². The standard InChI is InChI=1S/C17H13BFNO3S/c19-13-6-1-2-7-14(13)20-17(21)16-9-8-15(24-16)11-4-3-5-12(10-11)18(22)23/h1-10,22-23H,(H,20,21). The van der Waals surface area contributed by atoms with E-state index >= 15 is 0 Å². The van der Waals surface area contributed by atoms with Gasteiger partial charge in [0, 0.05) is 4.88 Å². The molecule has 0 unspecified atom stereocenters. The molecular weight excluding hydrogens is 328 g/mol. The highest BCUT2D eigenvalue weighted by Gasteiger charge is 2.15. The fraction of sp³-hybridized carbons (Fsp3) is 0. The Balaban J connectivity index is 1.81. The second kappa shape index (κ2) is 6.96. The van der Waals surface area contributed by atoms with Crippen LogP contribution in [-0.2, 0) is 0 Å². The van der Waals surface area contributed by atoms with Crippen LogP contribution in [0.4, 0.5) is 10.1 Å². The number of halogens is 1. The maximum absolute atomic E-state index is 13.6. The molecule has 2 aromatic carbocycles. The lowest BCUT2D eigenvalue weighted by molar-refractivity contribution is 0.103. The lowest BCUT2D eigenvalue weighted by atomic mass is 9.79. The Labute approximate surface area is 142 Å². The number of hydrogen-bond acceptors (Lipinski definition) is 4. The maximum atomic E-state index is 13.6. The summed E-state index contributed by atoms with van der Waals surface area (Å²) in [5, 5.41) is 21.0. The van der Waals surface area contributed by atoms with Gasteiger partial charge in [-0.1, -0.05) is 36.4 Å². The lowest BCUT2D eigenvalue weighted by Crippen LogP contribution is -2.29. The number of rotatable bonds is 4. The Morgan fingerprint density at radius 3 is 2.58 bits per heavy atom. The molecule has 0 saturated heterocycles. The Hall–Kier alpha value is -2.48. The first-order valence-corrected chi connectivity index (χ1v) is 7.98. The summed E-state index contributed by atoms with van der Waals surface area (Å²) in [6.07, 6.45) is 0. The molecule has 24 heavy (non-hydrogen) atoms. The first-order chi connectivity index (χ1) is 11.5. The van der Waals surface area contributed by atoms with Crippen LogP contribution in [0.25, 0.3) is 10.4 Å². The molecule has 3 rings (SSSR count). The second-order valence-corrected chi connectivity index (χ2v) is 6.18. The van der Waals surface area contributed by atoms with Crippen molar-refractivity contribution in [1.29, 1.82) is 0 Å². The molecule has 120 valence electrons. The largest absolute Gasteiger partial charge is 0.488 e. The van der Waals surface area contributed by atoms with Gasteiger partial charge < -0.3 is 15.4 Å². The van der Waals surface area contributed by atoms with E-state index in [-0.39, 0.29) is 5.69 Å². The minimum atomic E-state index is -1.55. The summed E-state index contributed by atoms with van der Waals surface area (Å²) in [7, 11) is -1.55. The maximum Gasteiger partial charge on any atom is 0.488 e. The molecule has 1 heterocycles. The van der Waals surface area contributed by atoms with E-state index in [0.29, 0.717) is 10.3 Å². The summed E-state index contributed by atoms with van der Waals surface area (Å²) in [5.74, 6) is -0.887. The number of para-hydroxylation sites is 1. The Kier molecular flexibility index (Phi) is 4.75. The van der Waals surface area contributed by atoms with E-state index in [9.17, 15) is 19.2 Å². The van der Waals surface area contributed by atoms with Crippen molar-refractivity contribution in [3.05, 3.63) is 71.4 Å². The van der Waals surface area contributed by atoms with Crippen LogP contribution in [-0.4, -0.2) is 23.1 Å². The van der Waals surface area contributed by atoms with Crippen LogP contribution < -0.4 is 10.8 Å². The van der Waals surface area contributed by atoms with Crippen LogP contribution in [0.3, 0.4) is 0 Å². The van der Waals surface area contributed by atoms with Gasteiger partial charge >= 0.3 is 7.12 Å². The molecule has 1 amide bonds. The van der Waals surface area contributed by atoms with E-state index in [2.05, 4.69) is 5.32 Å². The number of nitrogens with one attached hydrogen (secondary N) is 1. The van der Waals surface area contributed by atoms with E-state index in [1.807, 2.05) is 6.07 Å². The highest BCUT2D eigenvalue weighted by atomic mass is 32.1. The van der Waals surface area contributed by atoms with Crippen molar-refractivity contribution in [1.82, 2.24) is 0 Å². The molecule has 0 bridgehead atoms. The predicted octanol–water partition coefficient (Wildman–Crippen LogP) is 2.49. The summed E-state index contributed by atoms with van der Waals surface area (Å²) in [6, 6.07) is 16.2. The summed E-state index contributed by atoms with van der Waals surface area (Å²) < 4.78 is 13.6. The van der Waals surface area contributed by atoms with Gasteiger partial charge in [-0.05, 0) is 35.3 Å². The molecule has 7 heteroatoms. The average molecular weight is 341 g/mol. The first kappa shape index (κ1) is 16.4. The minimum Gasteiger partial charge on any atom is -0.423 e. The first-order valence-electron chi connectivity index (χ1n) is 7.17. The van der Waals surface area contributed by atoms with Crippen LogP contribution in [0.1, 0.15) is 9.67 Å². The van der Waals surface area contributed by atoms with Gasteiger partial charge in [0.05, 0.1) is 10.6 Å². The summed E-state index contributed by atoms with van der Waals surface area (Å²) in [5.41, 5.74) is 1.27. The van der Waals surface area contributed by atoms with Crippen LogP contribution in [0.2, 0.25) is 0 Å². The monoisotopic (exact) mass is 341 g/mol. The van der Waals surface area contributed by atoms with Crippen LogP contribution in [0.5, 0.6) is 0 Å². The number of anilines is 1. The van der Waals surface area contributed by atoms with E-state index in [1.165, 1.54) is 23.5 Å². The van der Waals surface area contributed by atoms with Gasteiger partial charge in [0.1, 0.15) is 5.82 Å². The highest BCUT2D eigenvalue weighted by molar-refractivity contribution is 7.17. The van der Waals surface area contributed by atoms with E-state index in [0.717, 1.165) is 10.4 Å². The SMILES string of the molecule is O=C(Nc1ccccc1F)c1ccc(-c2cccc(B(O)O)c2)s1. The molecule has 0 saturated carbocycles. The Bertz CT molecular complexity index is 882. The number of carbonyl (C=O) groups excluding carboxylic acids is 1. The van der Waals surface area contributed by atoms with Crippen LogP contribution >= 0.6 is 11.3 Å². The van der Waals surface area contributed by atoms with Gasteiger partial charge in [-0.3, -0.25) is 4.79 Å². The van der Waals surface area contributed by atoms with E-state index in [1.54, 1.807) is 42.5 Å². The van der Waals surface area contributed by atoms with Crippen molar-refractivity contribution in [3.63, 3.8) is 0 Å². The fourth-order valence-electron chi connectivity index (χ4n) is 2.21. The van der Waals surface area contributed by atoms with Gasteiger partial charge in [-0.25, -0.2) is 4.39 Å². The van der Waals surface area contributed by atoms with Crippen molar-refractivity contribution in [2.24, 2.45) is 0 Å². The van der Waals surface area contributed by atoms with E-state index < -0.39 is 18.8 Å². The molecule has 1 aromatic heterocycles. The highest BCUT2D eigenvalue weighted by Crippen LogP contribution is 2.28. The molecular formula is C17H13BFNO3S. The quantitative estimate of drug-likeness (QED) is 0.639. The fourth-order valence-corrected chi connectivity index (χ4v) is 3.11. The molecule has 0 fully saturated rings. The van der Waals surface area contributed by atoms with Crippen molar-refractivity contribution >= 4 is 35.5 Å². The molecule has 3 N–H and O–H groups in total. The third kappa shape index (κ3) is 3.54. The van der Waals surface area contributed by atoms with Crippen LogP contribution in [0, 0.1) is 5.82 Å².